The first-order valence-electron chi connectivity index (χ1n) is 7.76. The second-order valence-corrected chi connectivity index (χ2v) is 6.08. The molecule has 0 aliphatic heterocycles. The van der Waals surface area contributed by atoms with E-state index in [0.29, 0.717) is 28.4 Å². The summed E-state index contributed by atoms with van der Waals surface area (Å²) < 4.78 is 0. The molecule has 0 atom stereocenters. The number of hydrogen-bond acceptors (Lipinski definition) is 3. The standard InChI is InChI=1S/C18H18ClN3O2S/c1-2-5-16(23)20-12-8-10-13(11-9-12)21-18(25)22-17(24)14-6-3-4-7-15(14)19/h3-4,6-11H,2,5H2,1H3,(H,20,23)(H2,21,22,24,25). The van der Waals surface area contributed by atoms with Crippen LogP contribution in [0.1, 0.15) is 30.1 Å². The number of carbonyl (C=O) groups is 2. The van der Waals surface area contributed by atoms with Crippen LogP contribution in [0.5, 0.6) is 0 Å². The quantitative estimate of drug-likeness (QED) is 0.685. The number of nitrogens with one attached hydrogen (secondary N) is 3. The molecular formula is C18H18ClN3O2S. The van der Waals surface area contributed by atoms with Gasteiger partial charge in [-0.15, -0.1) is 0 Å². The van der Waals surface area contributed by atoms with Crippen molar-refractivity contribution in [3.63, 3.8) is 0 Å². The Morgan fingerprint density at radius 2 is 1.60 bits per heavy atom. The Balaban J connectivity index is 1.91. The van der Waals surface area contributed by atoms with Gasteiger partial charge in [0.2, 0.25) is 5.91 Å². The summed E-state index contributed by atoms with van der Waals surface area (Å²) in [4.78, 5) is 23.7. The first-order chi connectivity index (χ1) is 12.0. The van der Waals surface area contributed by atoms with Crippen LogP contribution in [0.25, 0.3) is 0 Å². The maximum atomic E-state index is 12.1. The maximum absolute atomic E-state index is 12.1. The van der Waals surface area contributed by atoms with Crippen LogP contribution in [0, 0.1) is 0 Å². The number of halogens is 1. The molecular weight excluding hydrogens is 358 g/mol. The molecule has 0 radical (unpaired) electrons. The lowest BCUT2D eigenvalue weighted by Crippen LogP contribution is -2.34. The van der Waals surface area contributed by atoms with Gasteiger partial charge in [-0.25, -0.2) is 0 Å². The molecule has 2 aromatic carbocycles. The van der Waals surface area contributed by atoms with Gasteiger partial charge in [0.1, 0.15) is 0 Å². The molecule has 0 heterocycles. The van der Waals surface area contributed by atoms with Crippen LogP contribution in [0.3, 0.4) is 0 Å². The van der Waals surface area contributed by atoms with Crippen molar-refractivity contribution in [2.45, 2.75) is 19.8 Å². The largest absolute Gasteiger partial charge is 0.332 e. The predicted molar refractivity (Wildman–Crippen MR) is 105 cm³/mol. The van der Waals surface area contributed by atoms with E-state index < -0.39 is 0 Å². The smallest absolute Gasteiger partial charge is 0.258 e. The minimum Gasteiger partial charge on any atom is -0.332 e. The molecule has 0 saturated heterocycles. The lowest BCUT2D eigenvalue weighted by Gasteiger charge is -2.11. The van der Waals surface area contributed by atoms with Crippen LogP contribution < -0.4 is 16.0 Å². The van der Waals surface area contributed by atoms with Gasteiger partial charge >= 0.3 is 0 Å². The third-order valence-corrected chi connectivity index (χ3v) is 3.78. The number of hydrogen-bond donors (Lipinski definition) is 3. The van der Waals surface area contributed by atoms with Crippen molar-refractivity contribution in [3.8, 4) is 0 Å². The molecule has 5 nitrogen and oxygen atoms in total. The average Bonchev–Trinajstić information content (AvgIpc) is 2.57. The molecule has 0 aliphatic carbocycles. The van der Waals surface area contributed by atoms with Crippen molar-refractivity contribution in [2.75, 3.05) is 10.6 Å². The zero-order chi connectivity index (χ0) is 18.2. The molecule has 0 fully saturated rings. The average molecular weight is 376 g/mol. The van der Waals surface area contributed by atoms with Crippen LogP contribution in [0.15, 0.2) is 48.5 Å². The van der Waals surface area contributed by atoms with Crippen LogP contribution in [-0.2, 0) is 4.79 Å². The zero-order valence-electron chi connectivity index (χ0n) is 13.6. The Bertz CT molecular complexity index is 778. The Kier molecular flexibility index (Phi) is 6.91. The summed E-state index contributed by atoms with van der Waals surface area (Å²) in [6.45, 7) is 1.95. The van der Waals surface area contributed by atoms with E-state index >= 15 is 0 Å². The molecule has 7 heteroatoms. The molecule has 3 N–H and O–H groups in total. The van der Waals surface area contributed by atoms with Crippen molar-refractivity contribution in [1.82, 2.24) is 5.32 Å². The van der Waals surface area contributed by atoms with E-state index in [1.165, 1.54) is 0 Å². The molecule has 0 aromatic heterocycles. The second-order valence-electron chi connectivity index (χ2n) is 5.26. The van der Waals surface area contributed by atoms with Crippen LogP contribution in [-0.4, -0.2) is 16.9 Å². The molecule has 0 unspecified atom stereocenters. The molecule has 0 saturated carbocycles. The van der Waals surface area contributed by atoms with E-state index in [1.807, 2.05) is 6.92 Å². The molecule has 2 rings (SSSR count). The lowest BCUT2D eigenvalue weighted by molar-refractivity contribution is -0.116. The molecule has 0 aliphatic rings. The Morgan fingerprint density at radius 1 is 1.00 bits per heavy atom. The molecule has 0 spiro atoms. The fourth-order valence-corrected chi connectivity index (χ4v) is 2.50. The Morgan fingerprint density at radius 3 is 2.20 bits per heavy atom. The minimum atomic E-state index is -0.383. The lowest BCUT2D eigenvalue weighted by atomic mass is 10.2. The molecule has 2 amide bonds. The molecule has 25 heavy (non-hydrogen) atoms. The first kappa shape index (κ1) is 18.9. The van der Waals surface area contributed by atoms with Gasteiger partial charge in [0.15, 0.2) is 5.11 Å². The fraction of sp³-hybridized carbons (Fsp3) is 0.167. The second kappa shape index (κ2) is 9.15. The van der Waals surface area contributed by atoms with E-state index in [4.69, 9.17) is 23.8 Å². The highest BCUT2D eigenvalue weighted by atomic mass is 35.5. The normalized spacial score (nSPS) is 10.0. The summed E-state index contributed by atoms with van der Waals surface area (Å²) in [5.74, 6) is -0.405. The fourth-order valence-electron chi connectivity index (χ4n) is 2.07. The highest BCUT2D eigenvalue weighted by Crippen LogP contribution is 2.16. The number of carbonyl (C=O) groups excluding carboxylic acids is 2. The highest BCUT2D eigenvalue weighted by molar-refractivity contribution is 7.80. The summed E-state index contributed by atoms with van der Waals surface area (Å²) >= 11 is 11.1. The van der Waals surface area contributed by atoms with Crippen molar-refractivity contribution < 1.29 is 9.59 Å². The van der Waals surface area contributed by atoms with E-state index in [-0.39, 0.29) is 16.9 Å². The van der Waals surface area contributed by atoms with Crippen LogP contribution in [0.2, 0.25) is 5.02 Å². The molecule has 0 bridgehead atoms. The molecule has 2 aromatic rings. The zero-order valence-corrected chi connectivity index (χ0v) is 15.2. The maximum Gasteiger partial charge on any atom is 0.258 e. The first-order valence-corrected chi connectivity index (χ1v) is 8.55. The van der Waals surface area contributed by atoms with Gasteiger partial charge in [0, 0.05) is 17.8 Å². The van der Waals surface area contributed by atoms with Crippen molar-refractivity contribution in [1.29, 1.82) is 0 Å². The number of anilines is 2. The summed E-state index contributed by atoms with van der Waals surface area (Å²) in [6.07, 6.45) is 1.28. The minimum absolute atomic E-state index is 0.0225. The van der Waals surface area contributed by atoms with Gasteiger partial charge in [-0.3, -0.25) is 14.9 Å². The number of thiocarbonyl (C=S) groups is 1. The van der Waals surface area contributed by atoms with Gasteiger partial charge in [-0.2, -0.15) is 0 Å². The number of rotatable bonds is 5. The Labute approximate surface area is 156 Å². The van der Waals surface area contributed by atoms with Gasteiger partial charge in [0.05, 0.1) is 10.6 Å². The van der Waals surface area contributed by atoms with Crippen LogP contribution in [0.4, 0.5) is 11.4 Å². The van der Waals surface area contributed by atoms with Gasteiger partial charge in [0.25, 0.3) is 5.91 Å². The van der Waals surface area contributed by atoms with E-state index in [0.717, 1.165) is 6.42 Å². The van der Waals surface area contributed by atoms with Gasteiger partial charge in [-0.05, 0) is 55.0 Å². The monoisotopic (exact) mass is 375 g/mol. The number of benzene rings is 2. The Hall–Kier alpha value is -2.44. The summed E-state index contributed by atoms with van der Waals surface area (Å²) in [6, 6.07) is 13.8. The third-order valence-electron chi connectivity index (χ3n) is 3.25. The van der Waals surface area contributed by atoms with Gasteiger partial charge < -0.3 is 10.6 Å². The molecule has 130 valence electrons. The van der Waals surface area contributed by atoms with Crippen LogP contribution >= 0.6 is 23.8 Å². The van der Waals surface area contributed by atoms with E-state index in [9.17, 15) is 9.59 Å². The summed E-state index contributed by atoms with van der Waals surface area (Å²) in [7, 11) is 0. The van der Waals surface area contributed by atoms with E-state index in [2.05, 4.69) is 16.0 Å². The predicted octanol–water partition coefficient (Wildman–Crippen LogP) is 4.21. The summed E-state index contributed by atoms with van der Waals surface area (Å²) in [5, 5.41) is 8.80. The van der Waals surface area contributed by atoms with E-state index in [1.54, 1.807) is 48.5 Å². The third kappa shape index (κ3) is 5.85. The van der Waals surface area contributed by atoms with Crippen molar-refractivity contribution in [2.24, 2.45) is 0 Å². The SMILES string of the molecule is CCCC(=O)Nc1ccc(NC(=S)NC(=O)c2ccccc2Cl)cc1. The van der Waals surface area contributed by atoms with Crippen molar-refractivity contribution >= 4 is 52.1 Å². The topological polar surface area (TPSA) is 70.2 Å². The van der Waals surface area contributed by atoms with Crippen molar-refractivity contribution in [3.05, 3.63) is 59.1 Å². The highest BCUT2D eigenvalue weighted by Gasteiger charge is 2.11. The number of amides is 2. The van der Waals surface area contributed by atoms with Gasteiger partial charge in [-0.1, -0.05) is 30.7 Å². The summed E-state index contributed by atoms with van der Waals surface area (Å²) in [5.41, 5.74) is 1.75.